The first-order valence-electron chi connectivity index (χ1n) is 7.32. The van der Waals surface area contributed by atoms with Crippen molar-refractivity contribution in [2.45, 2.75) is 6.54 Å². The number of rotatable bonds is 4. The van der Waals surface area contributed by atoms with Crippen molar-refractivity contribution >= 4 is 45.1 Å². The van der Waals surface area contributed by atoms with Gasteiger partial charge in [0.05, 0.1) is 17.4 Å². The largest absolute Gasteiger partial charge is 0.318 e. The summed E-state index contributed by atoms with van der Waals surface area (Å²) >= 11 is 7.56. The molecule has 0 atom stereocenters. The fourth-order valence-corrected chi connectivity index (χ4v) is 3.53. The zero-order valence-corrected chi connectivity index (χ0v) is 14.3. The standard InChI is InChI=1S/C16H11ClN6OS/c17-11-4-2-1-3-10(11)13-6-19-16(25-13)22-14(24)7-23-9-21-15-12(23)5-18-8-20-15/h1-6,8-9H,7H2,(H,19,22,24). The van der Waals surface area contributed by atoms with Gasteiger partial charge in [0.25, 0.3) is 0 Å². The summed E-state index contributed by atoms with van der Waals surface area (Å²) < 4.78 is 1.69. The van der Waals surface area contributed by atoms with Crippen molar-refractivity contribution in [3.63, 3.8) is 0 Å². The first kappa shape index (κ1) is 15.7. The Morgan fingerprint density at radius 1 is 1.20 bits per heavy atom. The minimum absolute atomic E-state index is 0.102. The number of thiazole rings is 1. The molecule has 0 unspecified atom stereocenters. The number of carbonyl (C=O) groups excluding carboxylic acids is 1. The summed E-state index contributed by atoms with van der Waals surface area (Å²) in [6.07, 6.45) is 6.31. The zero-order valence-electron chi connectivity index (χ0n) is 12.8. The number of benzene rings is 1. The number of hydrogen-bond donors (Lipinski definition) is 1. The van der Waals surface area contributed by atoms with Gasteiger partial charge in [-0.15, -0.1) is 0 Å². The lowest BCUT2D eigenvalue weighted by molar-refractivity contribution is -0.116. The highest BCUT2D eigenvalue weighted by molar-refractivity contribution is 7.19. The first-order chi connectivity index (χ1) is 12.2. The molecule has 3 aromatic heterocycles. The van der Waals surface area contributed by atoms with Crippen LogP contribution in [0.5, 0.6) is 0 Å². The van der Waals surface area contributed by atoms with Crippen LogP contribution in [0.15, 0.2) is 49.3 Å². The normalized spacial score (nSPS) is 10.9. The molecule has 3 heterocycles. The highest BCUT2D eigenvalue weighted by Crippen LogP contribution is 2.33. The molecule has 0 bridgehead atoms. The molecule has 0 aliphatic carbocycles. The van der Waals surface area contributed by atoms with Crippen molar-refractivity contribution < 1.29 is 4.79 Å². The molecule has 4 rings (SSSR count). The number of halogens is 1. The number of hydrogen-bond acceptors (Lipinski definition) is 6. The Hall–Kier alpha value is -2.84. The minimum atomic E-state index is -0.205. The lowest BCUT2D eigenvalue weighted by Gasteiger charge is -2.03. The summed E-state index contributed by atoms with van der Waals surface area (Å²) in [6, 6.07) is 7.51. The molecular weight excluding hydrogens is 360 g/mol. The van der Waals surface area contributed by atoms with Crippen molar-refractivity contribution in [1.29, 1.82) is 0 Å². The summed E-state index contributed by atoms with van der Waals surface area (Å²) in [5.41, 5.74) is 2.14. The number of fused-ring (bicyclic) bond motifs is 1. The van der Waals surface area contributed by atoms with E-state index in [2.05, 4.69) is 25.3 Å². The van der Waals surface area contributed by atoms with E-state index in [1.807, 2.05) is 24.3 Å². The molecule has 25 heavy (non-hydrogen) atoms. The Morgan fingerprint density at radius 3 is 2.96 bits per heavy atom. The van der Waals surface area contributed by atoms with Crippen LogP contribution >= 0.6 is 22.9 Å². The van der Waals surface area contributed by atoms with Gasteiger partial charge in [-0.1, -0.05) is 41.1 Å². The number of amides is 1. The Kier molecular flexibility index (Phi) is 4.12. The highest BCUT2D eigenvalue weighted by Gasteiger charge is 2.12. The average Bonchev–Trinajstić information content (AvgIpc) is 3.23. The third-order valence-electron chi connectivity index (χ3n) is 3.51. The molecule has 0 saturated carbocycles. The number of aromatic nitrogens is 5. The van der Waals surface area contributed by atoms with E-state index < -0.39 is 0 Å². The van der Waals surface area contributed by atoms with Crippen LogP contribution in [0.3, 0.4) is 0 Å². The van der Waals surface area contributed by atoms with E-state index in [4.69, 9.17) is 11.6 Å². The monoisotopic (exact) mass is 370 g/mol. The molecule has 1 aromatic carbocycles. The summed E-state index contributed by atoms with van der Waals surface area (Å²) in [6.45, 7) is 0.102. The Labute approximate surface area is 151 Å². The van der Waals surface area contributed by atoms with Gasteiger partial charge in [0, 0.05) is 16.8 Å². The number of imidazole rings is 1. The van der Waals surface area contributed by atoms with Gasteiger partial charge < -0.3 is 9.88 Å². The van der Waals surface area contributed by atoms with Gasteiger partial charge in [-0.05, 0) is 6.07 Å². The summed E-state index contributed by atoms with van der Waals surface area (Å²) in [5.74, 6) is -0.205. The Balaban J connectivity index is 1.49. The van der Waals surface area contributed by atoms with Crippen molar-refractivity contribution in [2.75, 3.05) is 5.32 Å². The third-order valence-corrected chi connectivity index (χ3v) is 4.78. The highest BCUT2D eigenvalue weighted by atomic mass is 35.5. The van der Waals surface area contributed by atoms with Gasteiger partial charge in [0.1, 0.15) is 18.4 Å². The van der Waals surface area contributed by atoms with Gasteiger partial charge >= 0.3 is 0 Å². The molecule has 7 nitrogen and oxygen atoms in total. The summed E-state index contributed by atoms with van der Waals surface area (Å²) in [7, 11) is 0. The van der Waals surface area contributed by atoms with Gasteiger partial charge in [-0.2, -0.15) is 0 Å². The molecule has 0 aliphatic rings. The lowest BCUT2D eigenvalue weighted by Crippen LogP contribution is -2.18. The maximum Gasteiger partial charge on any atom is 0.246 e. The van der Waals surface area contributed by atoms with E-state index >= 15 is 0 Å². The summed E-state index contributed by atoms with van der Waals surface area (Å²) in [5, 5.41) is 3.95. The lowest BCUT2D eigenvalue weighted by atomic mass is 10.2. The Morgan fingerprint density at radius 2 is 2.08 bits per heavy atom. The second-order valence-corrected chi connectivity index (χ2v) is 6.60. The smallest absolute Gasteiger partial charge is 0.246 e. The van der Waals surface area contributed by atoms with E-state index in [1.165, 1.54) is 17.7 Å². The number of anilines is 1. The number of nitrogens with one attached hydrogen (secondary N) is 1. The van der Waals surface area contributed by atoms with E-state index in [0.717, 1.165) is 10.4 Å². The van der Waals surface area contributed by atoms with Crippen molar-refractivity contribution in [3.8, 4) is 10.4 Å². The molecule has 0 radical (unpaired) electrons. The van der Waals surface area contributed by atoms with Crippen LogP contribution in [-0.4, -0.2) is 30.4 Å². The predicted octanol–water partition coefficient (Wildman–Crippen LogP) is 3.24. The number of nitrogens with zero attached hydrogens (tertiary/aromatic N) is 5. The van der Waals surface area contributed by atoms with Gasteiger partial charge in [-0.3, -0.25) is 4.79 Å². The SMILES string of the molecule is O=C(Cn1cnc2ncncc21)Nc1ncc(-c2ccccc2Cl)s1. The molecule has 0 fully saturated rings. The quantitative estimate of drug-likeness (QED) is 0.596. The number of carbonyl (C=O) groups is 1. The zero-order chi connectivity index (χ0) is 17.2. The van der Waals surface area contributed by atoms with E-state index in [1.54, 1.807) is 23.3 Å². The van der Waals surface area contributed by atoms with Crippen molar-refractivity contribution in [1.82, 2.24) is 24.5 Å². The van der Waals surface area contributed by atoms with Crippen LogP contribution in [0.1, 0.15) is 0 Å². The Bertz CT molecular complexity index is 1060. The van der Waals surface area contributed by atoms with Crippen LogP contribution in [0.4, 0.5) is 5.13 Å². The van der Waals surface area contributed by atoms with Crippen LogP contribution in [0.25, 0.3) is 21.6 Å². The second-order valence-electron chi connectivity index (χ2n) is 5.16. The van der Waals surface area contributed by atoms with E-state index in [9.17, 15) is 4.79 Å². The van der Waals surface area contributed by atoms with Crippen LogP contribution in [-0.2, 0) is 11.3 Å². The average molecular weight is 371 g/mol. The molecule has 0 aliphatic heterocycles. The molecule has 0 spiro atoms. The maximum atomic E-state index is 12.3. The molecule has 4 aromatic rings. The van der Waals surface area contributed by atoms with E-state index in [0.29, 0.717) is 21.3 Å². The van der Waals surface area contributed by atoms with Crippen LogP contribution in [0, 0.1) is 0 Å². The fraction of sp³-hybridized carbons (Fsp3) is 0.0625. The van der Waals surface area contributed by atoms with E-state index in [-0.39, 0.29) is 12.5 Å². The first-order valence-corrected chi connectivity index (χ1v) is 8.51. The minimum Gasteiger partial charge on any atom is -0.318 e. The summed E-state index contributed by atoms with van der Waals surface area (Å²) in [4.78, 5) is 29.5. The molecule has 124 valence electrons. The van der Waals surface area contributed by atoms with Gasteiger partial charge in [0.2, 0.25) is 5.91 Å². The molecular formula is C16H11ClN6OS. The van der Waals surface area contributed by atoms with Crippen molar-refractivity contribution in [3.05, 3.63) is 54.3 Å². The molecule has 1 N–H and O–H groups in total. The molecule has 1 amide bonds. The predicted molar refractivity (Wildman–Crippen MR) is 96.5 cm³/mol. The van der Waals surface area contributed by atoms with Crippen molar-refractivity contribution in [2.24, 2.45) is 0 Å². The maximum absolute atomic E-state index is 12.3. The van der Waals surface area contributed by atoms with Crippen LogP contribution < -0.4 is 5.32 Å². The van der Waals surface area contributed by atoms with Crippen LogP contribution in [0.2, 0.25) is 5.02 Å². The topological polar surface area (TPSA) is 85.6 Å². The third kappa shape index (κ3) is 3.21. The molecule has 9 heteroatoms. The molecule has 0 saturated heterocycles. The van der Waals surface area contributed by atoms with Gasteiger partial charge in [0.15, 0.2) is 10.8 Å². The van der Waals surface area contributed by atoms with Gasteiger partial charge in [-0.25, -0.2) is 19.9 Å². The second kappa shape index (κ2) is 6.58. The fourth-order valence-electron chi connectivity index (χ4n) is 2.36.